The molecular formula is C20H35Cl4GeN5S3. The van der Waals surface area contributed by atoms with Crippen LogP contribution in [0, 0.1) is 0 Å². The van der Waals surface area contributed by atoms with E-state index in [-0.39, 0.29) is 49.6 Å². The zero-order valence-electron chi connectivity index (χ0n) is 18.4. The number of rotatable bonds is 12. The number of nitrogens with two attached hydrogens (primary N) is 3. The van der Waals surface area contributed by atoms with Gasteiger partial charge in [0.05, 0.1) is 0 Å². The molecular weight excluding hydrogens is 621 g/mol. The van der Waals surface area contributed by atoms with E-state index in [1.807, 2.05) is 0 Å². The van der Waals surface area contributed by atoms with Crippen LogP contribution in [-0.4, -0.2) is 69.7 Å². The molecule has 0 unspecified atom stereocenters. The van der Waals surface area contributed by atoms with Gasteiger partial charge < -0.3 is 0 Å². The van der Waals surface area contributed by atoms with Crippen LogP contribution in [-0.2, 0) is 6.42 Å². The molecule has 0 bridgehead atoms. The molecule has 0 saturated heterocycles. The van der Waals surface area contributed by atoms with Gasteiger partial charge in [-0.25, -0.2) is 0 Å². The summed E-state index contributed by atoms with van der Waals surface area (Å²) in [5, 5.41) is 2.61. The van der Waals surface area contributed by atoms with Gasteiger partial charge in [0.15, 0.2) is 0 Å². The number of amidine groups is 1. The fourth-order valence-electron chi connectivity index (χ4n) is 3.48. The Kier molecular flexibility index (Phi) is 20.7. The topological polar surface area (TPSA) is 93.7 Å². The third-order valence-corrected chi connectivity index (χ3v) is 34.7. The van der Waals surface area contributed by atoms with Crippen molar-refractivity contribution in [3.8, 4) is 0 Å². The van der Waals surface area contributed by atoms with Gasteiger partial charge in [0.2, 0.25) is 0 Å². The summed E-state index contributed by atoms with van der Waals surface area (Å²) in [6.07, 6.45) is 0.879. The zero-order valence-corrected chi connectivity index (χ0v) is 26.2. The quantitative estimate of drug-likeness (QED) is 0.294. The normalized spacial score (nSPS) is 12.8. The number of hydrogen-bond acceptors (Lipinski definition) is 8. The molecule has 190 valence electrons. The van der Waals surface area contributed by atoms with Crippen molar-refractivity contribution in [1.82, 2.24) is 3.86 Å². The number of fused-ring (bicyclic) bond motifs is 1. The molecule has 0 fully saturated rings. The van der Waals surface area contributed by atoms with Crippen molar-refractivity contribution in [2.24, 2.45) is 22.2 Å². The van der Waals surface area contributed by atoms with Crippen LogP contribution in [0.15, 0.2) is 47.5 Å². The van der Waals surface area contributed by atoms with Crippen LogP contribution in [0.2, 0.25) is 0 Å². The molecule has 1 aliphatic rings. The first-order chi connectivity index (χ1) is 14.2. The van der Waals surface area contributed by atoms with Crippen LogP contribution in [0.4, 0.5) is 0 Å². The van der Waals surface area contributed by atoms with E-state index in [1.165, 1.54) is 22.2 Å². The predicted molar refractivity (Wildman–Crippen MR) is 166 cm³/mol. The standard InChI is InChI=1S/C20H31GeN5S3.4ClH/c22-8-13-27-21(28-14-9-23,29-15-10-24)26-12-11-25-20(26)16-18-6-3-5-17-4-1-2-7-19(17)18;;;;/h1-7H,8-16,22-24H2;4*1H. The van der Waals surface area contributed by atoms with E-state index in [0.29, 0.717) is 19.6 Å². The summed E-state index contributed by atoms with van der Waals surface area (Å²) in [4.78, 5) is 4.97. The summed E-state index contributed by atoms with van der Waals surface area (Å²) in [5.41, 5.74) is 19.1. The molecule has 1 aliphatic heterocycles. The Balaban J connectivity index is 0. The first kappa shape index (κ1) is 36.0. The van der Waals surface area contributed by atoms with E-state index >= 15 is 0 Å². The van der Waals surface area contributed by atoms with Gasteiger partial charge in [-0.1, -0.05) is 0 Å². The molecule has 0 aromatic heterocycles. The van der Waals surface area contributed by atoms with Gasteiger partial charge in [-0.3, -0.25) is 0 Å². The minimum absolute atomic E-state index is 0. The van der Waals surface area contributed by atoms with Crippen LogP contribution in [0.3, 0.4) is 0 Å². The van der Waals surface area contributed by atoms with Crippen molar-refractivity contribution >= 4 is 107 Å². The molecule has 0 amide bonds. The SMILES string of the molecule is Cl.Cl.Cl.Cl.NCC[S][Ge]([S]CCN)([S]CCN)[N]1CCN=C1Cc1cccc2ccccc12. The zero-order chi connectivity index (χ0) is 20.5. The number of aliphatic imine (C=N–C) groups is 1. The van der Waals surface area contributed by atoms with Crippen LogP contribution >= 0.6 is 79.9 Å². The monoisotopic (exact) mass is 655 g/mol. The molecule has 6 N–H and O–H groups in total. The molecule has 0 atom stereocenters. The van der Waals surface area contributed by atoms with Gasteiger partial charge in [-0.05, 0) is 0 Å². The van der Waals surface area contributed by atoms with Gasteiger partial charge in [0.1, 0.15) is 0 Å². The third kappa shape index (κ3) is 9.65. The van der Waals surface area contributed by atoms with Gasteiger partial charge in [-0.15, -0.1) is 49.6 Å². The fraction of sp³-hybridized carbons (Fsp3) is 0.450. The van der Waals surface area contributed by atoms with E-state index in [0.717, 1.165) is 36.8 Å². The summed E-state index contributed by atoms with van der Waals surface area (Å²) < 4.78 is 2.67. The first-order valence-electron chi connectivity index (χ1n) is 10.0. The number of halogens is 4. The van der Waals surface area contributed by atoms with Crippen molar-refractivity contribution in [3.63, 3.8) is 0 Å². The molecule has 0 saturated carbocycles. The van der Waals surface area contributed by atoms with Crippen molar-refractivity contribution < 1.29 is 0 Å². The van der Waals surface area contributed by atoms with E-state index in [1.54, 1.807) is 0 Å². The van der Waals surface area contributed by atoms with Crippen molar-refractivity contribution in [3.05, 3.63) is 48.0 Å². The molecule has 13 heteroatoms. The molecule has 2 aromatic carbocycles. The third-order valence-electron chi connectivity index (χ3n) is 4.70. The molecule has 0 spiro atoms. The average molecular weight is 656 g/mol. The molecule has 2 aromatic rings. The van der Waals surface area contributed by atoms with Gasteiger partial charge in [0, 0.05) is 0 Å². The predicted octanol–water partition coefficient (Wildman–Crippen LogP) is 4.29. The number of benzene rings is 2. The Morgan fingerprint density at radius 2 is 1.33 bits per heavy atom. The summed E-state index contributed by atoms with van der Waals surface area (Å²) in [7, 11) is 3.63. The second kappa shape index (κ2) is 19.0. The Bertz CT molecular complexity index is 810. The summed E-state index contributed by atoms with van der Waals surface area (Å²) in [6.45, 7) is 3.99. The Labute approximate surface area is 235 Å². The maximum absolute atomic E-state index is 5.90. The molecule has 3 rings (SSSR count). The Hall–Kier alpha value is 0.803. The molecule has 0 radical (unpaired) electrons. The summed E-state index contributed by atoms with van der Waals surface area (Å²) in [6, 6.07) is 15.2. The number of hydrogen-bond donors (Lipinski definition) is 3. The average Bonchev–Trinajstić information content (AvgIpc) is 3.23. The van der Waals surface area contributed by atoms with Crippen molar-refractivity contribution in [1.29, 1.82) is 0 Å². The summed E-state index contributed by atoms with van der Waals surface area (Å²) >= 11 is 0. The molecule has 5 nitrogen and oxygen atoms in total. The first-order valence-corrected chi connectivity index (χ1v) is 21.6. The minimum atomic E-state index is -2.63. The summed E-state index contributed by atoms with van der Waals surface area (Å²) in [5.74, 6) is 4.17. The van der Waals surface area contributed by atoms with Crippen LogP contribution in [0.1, 0.15) is 5.56 Å². The Morgan fingerprint density at radius 1 is 0.788 bits per heavy atom. The van der Waals surface area contributed by atoms with Gasteiger partial charge in [-0.2, -0.15) is 0 Å². The van der Waals surface area contributed by atoms with Gasteiger partial charge >= 0.3 is 187 Å². The second-order valence-corrected chi connectivity index (χ2v) is 30.8. The maximum atomic E-state index is 5.90. The van der Waals surface area contributed by atoms with Gasteiger partial charge in [0.25, 0.3) is 0 Å². The second-order valence-electron chi connectivity index (χ2n) is 6.70. The van der Waals surface area contributed by atoms with Crippen LogP contribution < -0.4 is 17.2 Å². The molecule has 0 aliphatic carbocycles. The molecule has 33 heavy (non-hydrogen) atoms. The van der Waals surface area contributed by atoms with E-state index in [9.17, 15) is 0 Å². The Morgan fingerprint density at radius 3 is 1.91 bits per heavy atom. The van der Waals surface area contributed by atoms with Crippen LogP contribution in [0.5, 0.6) is 0 Å². The van der Waals surface area contributed by atoms with Crippen molar-refractivity contribution in [2.75, 3.05) is 50.0 Å². The van der Waals surface area contributed by atoms with E-state index in [4.69, 9.17) is 22.2 Å². The van der Waals surface area contributed by atoms with E-state index in [2.05, 4.69) is 76.6 Å². The van der Waals surface area contributed by atoms with Crippen LogP contribution in [0.25, 0.3) is 10.8 Å². The van der Waals surface area contributed by atoms with Crippen molar-refractivity contribution in [2.45, 2.75) is 6.42 Å². The van der Waals surface area contributed by atoms with E-state index < -0.39 is 10.1 Å². The number of nitrogens with zero attached hydrogens (tertiary/aromatic N) is 2. The fourth-order valence-corrected chi connectivity index (χ4v) is 33.5. The molecule has 1 heterocycles.